The molecule has 294 valence electrons. The topological polar surface area (TPSA) is 218 Å². The maximum absolute atomic E-state index is 13.5. The van der Waals surface area contributed by atoms with Gasteiger partial charge in [-0.2, -0.15) is 13.2 Å². The van der Waals surface area contributed by atoms with Gasteiger partial charge in [-0.25, -0.2) is 9.97 Å². The number of aromatic hydroxyl groups is 2. The number of alkyl halides is 3. The standard InChI is InChI=1S/C37H42F3N7O8/c1-18(20-12-21(37(38,39)40)14-22(41)13-20)42-33-26-16-30(29(53-3)17-27(26)43-19(2)44-33)55-11-10-54-9-8-32(49)45-23-4-5-24-25(15-23)36(52)47(35(24)51)28-6-7-31(48)46-34(28)50/h4-5,12-18,28,31,34,46,48,50-52H,6-11,41H2,1-3H3,(H,45,49)(H,42,43,44)/t18-,28?,31?,34?/m1/s1. The number of hydrogen-bond acceptors (Lipinski definition) is 13. The predicted octanol–water partition coefficient (Wildman–Crippen LogP) is 5.07. The molecule has 55 heavy (non-hydrogen) atoms. The summed E-state index contributed by atoms with van der Waals surface area (Å²) in [7, 11) is 1.47. The number of ether oxygens (including phenoxy) is 3. The Morgan fingerprint density at radius 3 is 2.49 bits per heavy atom. The first kappa shape index (κ1) is 39.1. The van der Waals surface area contributed by atoms with Gasteiger partial charge in [0, 0.05) is 33.6 Å². The van der Waals surface area contributed by atoms with Crippen molar-refractivity contribution in [3.8, 4) is 23.3 Å². The van der Waals surface area contributed by atoms with Crippen molar-refractivity contribution in [1.82, 2.24) is 19.9 Å². The molecule has 9 N–H and O–H groups in total. The highest BCUT2D eigenvalue weighted by molar-refractivity contribution is 5.98. The summed E-state index contributed by atoms with van der Waals surface area (Å²) in [6.07, 6.45) is -6.04. The fourth-order valence-electron chi connectivity index (χ4n) is 6.54. The van der Waals surface area contributed by atoms with Crippen LogP contribution in [0.5, 0.6) is 23.3 Å². The molecule has 2 aromatic heterocycles. The molecule has 4 atom stereocenters. The largest absolute Gasteiger partial charge is 0.494 e. The van der Waals surface area contributed by atoms with Crippen molar-refractivity contribution >= 4 is 44.8 Å². The number of aryl methyl sites for hydroxylation is 1. The molecule has 5 aromatic rings. The van der Waals surface area contributed by atoms with E-state index in [1.54, 1.807) is 38.1 Å². The van der Waals surface area contributed by atoms with Crippen LogP contribution in [0.2, 0.25) is 0 Å². The van der Waals surface area contributed by atoms with Gasteiger partial charge in [-0.1, -0.05) is 0 Å². The number of hydrogen-bond donors (Lipinski definition) is 8. The van der Waals surface area contributed by atoms with Crippen molar-refractivity contribution in [1.29, 1.82) is 0 Å². The molecule has 0 bridgehead atoms. The third-order valence-electron chi connectivity index (χ3n) is 9.25. The second kappa shape index (κ2) is 16.0. The molecule has 3 heterocycles. The van der Waals surface area contributed by atoms with Gasteiger partial charge in [0.25, 0.3) is 0 Å². The van der Waals surface area contributed by atoms with Gasteiger partial charge in [-0.3, -0.25) is 14.7 Å². The van der Waals surface area contributed by atoms with Crippen LogP contribution in [-0.4, -0.2) is 80.3 Å². The van der Waals surface area contributed by atoms with E-state index in [0.29, 0.717) is 63.5 Å². The van der Waals surface area contributed by atoms with Crippen molar-refractivity contribution in [3.63, 3.8) is 0 Å². The Bertz CT molecular complexity index is 2200. The lowest BCUT2D eigenvalue weighted by Gasteiger charge is -2.33. The highest BCUT2D eigenvalue weighted by Crippen LogP contribution is 2.43. The van der Waals surface area contributed by atoms with Crippen LogP contribution in [0.3, 0.4) is 0 Å². The molecule has 1 aliphatic rings. The number of anilines is 3. The quantitative estimate of drug-likeness (QED) is 0.0580. The summed E-state index contributed by atoms with van der Waals surface area (Å²) >= 11 is 0. The molecule has 15 nitrogen and oxygen atoms in total. The van der Waals surface area contributed by atoms with Crippen molar-refractivity contribution in [2.24, 2.45) is 0 Å². The van der Waals surface area contributed by atoms with E-state index < -0.39 is 36.3 Å². The smallest absolute Gasteiger partial charge is 0.416 e. The highest BCUT2D eigenvalue weighted by atomic mass is 19.4. The molecule has 1 fully saturated rings. The van der Waals surface area contributed by atoms with E-state index in [9.17, 15) is 38.4 Å². The normalized spacial score (nSPS) is 18.0. The number of piperidine rings is 1. The minimum absolute atomic E-state index is 0.000724. The van der Waals surface area contributed by atoms with Gasteiger partial charge in [-0.05, 0) is 74.7 Å². The van der Waals surface area contributed by atoms with Crippen LogP contribution in [0.4, 0.5) is 30.4 Å². The molecule has 3 unspecified atom stereocenters. The summed E-state index contributed by atoms with van der Waals surface area (Å²) in [5, 5.41) is 51.4. The Morgan fingerprint density at radius 2 is 1.76 bits per heavy atom. The summed E-state index contributed by atoms with van der Waals surface area (Å²) in [5.41, 5.74) is 6.12. The summed E-state index contributed by atoms with van der Waals surface area (Å²) in [4.78, 5) is 21.7. The molecule has 0 saturated carbocycles. The number of aromatic nitrogens is 3. The Labute approximate surface area is 312 Å². The number of rotatable bonds is 13. The number of nitrogen functional groups attached to an aromatic ring is 1. The SMILES string of the molecule is COc1cc2nc(C)nc(N[C@H](C)c3cc(N)cc(C(F)(F)F)c3)c2cc1OCCOCCC(=O)Nc1ccc2c(O)n(C3CCC(O)NC3O)c(O)c2c1. The van der Waals surface area contributed by atoms with Crippen LogP contribution >= 0.6 is 0 Å². The minimum Gasteiger partial charge on any atom is -0.494 e. The maximum atomic E-state index is 13.5. The molecule has 0 radical (unpaired) electrons. The monoisotopic (exact) mass is 769 g/mol. The summed E-state index contributed by atoms with van der Waals surface area (Å²) in [6, 6.07) is 10.0. The van der Waals surface area contributed by atoms with Crippen LogP contribution in [-0.2, 0) is 15.7 Å². The van der Waals surface area contributed by atoms with Gasteiger partial charge in [0.1, 0.15) is 30.7 Å². The summed E-state index contributed by atoms with van der Waals surface area (Å²) < 4.78 is 58.7. The van der Waals surface area contributed by atoms with Crippen molar-refractivity contribution < 1.29 is 52.6 Å². The fourth-order valence-corrected chi connectivity index (χ4v) is 6.54. The van der Waals surface area contributed by atoms with E-state index in [1.165, 1.54) is 23.8 Å². The molecular formula is C37H42F3N7O8. The van der Waals surface area contributed by atoms with Crippen LogP contribution in [0, 0.1) is 6.92 Å². The zero-order chi connectivity index (χ0) is 39.6. The fraction of sp³-hybridized carbons (Fsp3) is 0.378. The Balaban J connectivity index is 1.04. The van der Waals surface area contributed by atoms with Gasteiger partial charge >= 0.3 is 6.18 Å². The van der Waals surface area contributed by atoms with E-state index in [4.69, 9.17) is 19.9 Å². The second-order valence-electron chi connectivity index (χ2n) is 13.2. The van der Waals surface area contributed by atoms with Crippen molar-refractivity contribution in [3.05, 3.63) is 65.5 Å². The Morgan fingerprint density at radius 1 is 1.00 bits per heavy atom. The number of aliphatic hydroxyl groups excluding tert-OH is 2. The van der Waals surface area contributed by atoms with E-state index in [2.05, 4.69) is 25.9 Å². The average molecular weight is 770 g/mol. The second-order valence-corrected chi connectivity index (χ2v) is 13.2. The molecule has 18 heteroatoms. The highest BCUT2D eigenvalue weighted by Gasteiger charge is 2.34. The van der Waals surface area contributed by atoms with Gasteiger partial charge < -0.3 is 51.0 Å². The van der Waals surface area contributed by atoms with E-state index in [1.807, 2.05) is 0 Å². The van der Waals surface area contributed by atoms with Crippen LogP contribution < -0.4 is 31.2 Å². The van der Waals surface area contributed by atoms with Gasteiger partial charge in [0.2, 0.25) is 17.7 Å². The van der Waals surface area contributed by atoms with Crippen LogP contribution in [0.1, 0.15) is 55.2 Å². The molecule has 6 rings (SSSR count). The summed E-state index contributed by atoms with van der Waals surface area (Å²) in [6.45, 7) is 3.64. The average Bonchev–Trinajstić information content (AvgIpc) is 3.36. The van der Waals surface area contributed by atoms with Gasteiger partial charge in [0.05, 0.1) is 49.9 Å². The number of nitrogens with one attached hydrogen (secondary N) is 3. The van der Waals surface area contributed by atoms with E-state index >= 15 is 0 Å². The number of amides is 1. The zero-order valence-corrected chi connectivity index (χ0v) is 30.1. The number of aliphatic hydroxyl groups is 2. The first-order valence-corrected chi connectivity index (χ1v) is 17.4. The van der Waals surface area contributed by atoms with Crippen LogP contribution in [0.15, 0.2) is 48.5 Å². The van der Waals surface area contributed by atoms with E-state index in [-0.39, 0.29) is 55.0 Å². The molecule has 1 aliphatic heterocycles. The van der Waals surface area contributed by atoms with Crippen molar-refractivity contribution in [2.75, 3.05) is 43.3 Å². The Hall–Kier alpha value is -5.56. The number of benzene rings is 3. The number of carbonyl (C=O) groups is 1. The molecular weight excluding hydrogens is 727 g/mol. The third-order valence-corrected chi connectivity index (χ3v) is 9.25. The predicted molar refractivity (Wildman–Crippen MR) is 197 cm³/mol. The lowest BCUT2D eigenvalue weighted by atomic mass is 10.0. The number of nitrogens with two attached hydrogens (primary N) is 1. The number of nitrogens with zero attached hydrogens (tertiary/aromatic N) is 3. The maximum Gasteiger partial charge on any atom is 0.416 e. The van der Waals surface area contributed by atoms with Crippen LogP contribution in [0.25, 0.3) is 21.7 Å². The van der Waals surface area contributed by atoms with E-state index in [0.717, 1.165) is 12.1 Å². The Kier molecular flexibility index (Phi) is 11.4. The lowest BCUT2D eigenvalue weighted by Crippen LogP contribution is -2.47. The first-order chi connectivity index (χ1) is 26.1. The number of halogens is 3. The number of carbonyl (C=O) groups excluding carboxylic acids is 1. The molecule has 0 spiro atoms. The van der Waals surface area contributed by atoms with Gasteiger partial charge in [-0.15, -0.1) is 0 Å². The summed E-state index contributed by atoms with van der Waals surface area (Å²) in [5.74, 6) is 0.608. The first-order valence-electron chi connectivity index (χ1n) is 17.4. The van der Waals surface area contributed by atoms with Crippen molar-refractivity contribution in [2.45, 2.75) is 63.8 Å². The third kappa shape index (κ3) is 8.72. The molecule has 0 aliphatic carbocycles. The number of fused-ring (bicyclic) bond motifs is 2. The van der Waals surface area contributed by atoms with Gasteiger partial charge in [0.15, 0.2) is 11.5 Å². The molecule has 1 amide bonds. The molecule has 3 aromatic carbocycles. The lowest BCUT2D eigenvalue weighted by molar-refractivity contribution is -0.137. The zero-order valence-electron chi connectivity index (χ0n) is 30.1. The number of methoxy groups -OCH3 is 1. The minimum atomic E-state index is -4.56. The molecule has 1 saturated heterocycles.